The van der Waals surface area contributed by atoms with E-state index in [0.717, 1.165) is 49.7 Å². The van der Waals surface area contributed by atoms with Crippen LogP contribution in [0.25, 0.3) is 11.0 Å². The van der Waals surface area contributed by atoms with Gasteiger partial charge in [0.05, 0.1) is 30.8 Å². The Bertz CT molecular complexity index is 1040. The Morgan fingerprint density at radius 1 is 1.10 bits per heavy atom. The molecule has 0 spiro atoms. The maximum absolute atomic E-state index is 12.6. The molecule has 1 aliphatic heterocycles. The van der Waals surface area contributed by atoms with Crippen LogP contribution in [0.15, 0.2) is 42.5 Å². The van der Waals surface area contributed by atoms with Gasteiger partial charge in [-0.25, -0.2) is 4.98 Å². The molecule has 1 aliphatic rings. The van der Waals surface area contributed by atoms with Gasteiger partial charge in [0.2, 0.25) is 5.91 Å². The molecular weight excluding hydrogens is 370 g/mol. The Morgan fingerprint density at radius 3 is 2.69 bits per heavy atom. The zero-order valence-corrected chi connectivity index (χ0v) is 16.2. The van der Waals surface area contributed by atoms with Gasteiger partial charge >= 0.3 is 0 Å². The summed E-state index contributed by atoms with van der Waals surface area (Å²) in [5, 5.41) is 5.58. The van der Waals surface area contributed by atoms with Crippen LogP contribution in [0.4, 0.5) is 11.4 Å². The van der Waals surface area contributed by atoms with Gasteiger partial charge in [0.1, 0.15) is 5.82 Å². The van der Waals surface area contributed by atoms with E-state index in [1.165, 1.54) is 6.92 Å². The molecule has 1 aromatic heterocycles. The molecule has 3 aromatic rings. The van der Waals surface area contributed by atoms with E-state index < -0.39 is 0 Å². The second kappa shape index (κ2) is 8.42. The molecule has 3 N–H and O–H groups in total. The molecule has 150 valence electrons. The summed E-state index contributed by atoms with van der Waals surface area (Å²) in [6.07, 6.45) is 0. The predicted molar refractivity (Wildman–Crippen MR) is 111 cm³/mol. The summed E-state index contributed by atoms with van der Waals surface area (Å²) in [5.41, 5.74) is 3.46. The highest BCUT2D eigenvalue weighted by Gasteiger charge is 2.14. The maximum Gasteiger partial charge on any atom is 0.255 e. The lowest BCUT2D eigenvalue weighted by molar-refractivity contribution is -0.114. The third kappa shape index (κ3) is 4.79. The average Bonchev–Trinajstić information content (AvgIpc) is 3.10. The lowest BCUT2D eigenvalue weighted by atomic mass is 10.1. The van der Waals surface area contributed by atoms with Gasteiger partial charge in [0.25, 0.3) is 5.91 Å². The van der Waals surface area contributed by atoms with Crippen LogP contribution < -0.4 is 10.6 Å². The first-order valence-corrected chi connectivity index (χ1v) is 9.54. The zero-order chi connectivity index (χ0) is 20.2. The third-order valence-corrected chi connectivity index (χ3v) is 4.71. The molecule has 0 saturated carbocycles. The van der Waals surface area contributed by atoms with Crippen LogP contribution in [0.5, 0.6) is 0 Å². The summed E-state index contributed by atoms with van der Waals surface area (Å²) in [7, 11) is 0. The first-order valence-electron chi connectivity index (χ1n) is 9.54. The molecule has 4 rings (SSSR count). The van der Waals surface area contributed by atoms with Crippen molar-refractivity contribution < 1.29 is 14.3 Å². The van der Waals surface area contributed by atoms with E-state index in [1.807, 2.05) is 18.2 Å². The second-order valence-corrected chi connectivity index (χ2v) is 7.02. The Kier molecular flexibility index (Phi) is 5.55. The van der Waals surface area contributed by atoms with Gasteiger partial charge in [-0.3, -0.25) is 14.5 Å². The molecule has 8 heteroatoms. The molecule has 0 bridgehead atoms. The average molecular weight is 393 g/mol. The number of H-pyrrole nitrogens is 1. The first-order chi connectivity index (χ1) is 14.1. The van der Waals surface area contributed by atoms with E-state index in [-0.39, 0.29) is 11.8 Å². The standard InChI is InChI=1S/C21H23N5O3/c1-14(27)22-16-4-2-3-15(11-16)21(28)23-17-5-6-18-19(12-17)25-20(24-18)13-26-7-9-29-10-8-26/h2-6,11-12H,7-10,13H2,1H3,(H,22,27)(H,23,28)(H,24,25). The van der Waals surface area contributed by atoms with Crippen molar-refractivity contribution in [3.05, 3.63) is 53.9 Å². The van der Waals surface area contributed by atoms with Gasteiger partial charge in [-0.2, -0.15) is 0 Å². The van der Waals surface area contributed by atoms with E-state index in [9.17, 15) is 9.59 Å². The summed E-state index contributed by atoms with van der Waals surface area (Å²) < 4.78 is 5.38. The highest BCUT2D eigenvalue weighted by molar-refractivity contribution is 6.05. The van der Waals surface area contributed by atoms with Gasteiger partial charge in [-0.05, 0) is 36.4 Å². The summed E-state index contributed by atoms with van der Waals surface area (Å²) in [5.74, 6) is 0.470. The fraction of sp³-hybridized carbons (Fsp3) is 0.286. The van der Waals surface area contributed by atoms with Crippen LogP contribution >= 0.6 is 0 Å². The van der Waals surface area contributed by atoms with Crippen molar-refractivity contribution >= 4 is 34.2 Å². The van der Waals surface area contributed by atoms with Crippen molar-refractivity contribution in [2.75, 3.05) is 36.9 Å². The number of morpholine rings is 1. The van der Waals surface area contributed by atoms with Gasteiger partial charge in [0, 0.05) is 37.0 Å². The minimum atomic E-state index is -0.246. The van der Waals surface area contributed by atoms with Crippen molar-refractivity contribution in [2.24, 2.45) is 0 Å². The molecule has 0 unspecified atom stereocenters. The van der Waals surface area contributed by atoms with E-state index in [2.05, 4.69) is 25.5 Å². The van der Waals surface area contributed by atoms with E-state index in [1.54, 1.807) is 24.3 Å². The smallest absolute Gasteiger partial charge is 0.255 e. The SMILES string of the molecule is CC(=O)Nc1cccc(C(=O)Nc2ccc3nc(CN4CCOCC4)[nH]c3c2)c1. The number of rotatable bonds is 5. The molecule has 0 aliphatic carbocycles. The highest BCUT2D eigenvalue weighted by Crippen LogP contribution is 2.20. The van der Waals surface area contributed by atoms with E-state index >= 15 is 0 Å². The first kappa shape index (κ1) is 19.1. The number of nitrogens with zero attached hydrogens (tertiary/aromatic N) is 2. The number of amides is 2. The number of fused-ring (bicyclic) bond motifs is 1. The van der Waals surface area contributed by atoms with Crippen molar-refractivity contribution in [1.82, 2.24) is 14.9 Å². The molecule has 2 aromatic carbocycles. The Balaban J connectivity index is 1.46. The van der Waals surface area contributed by atoms with Crippen molar-refractivity contribution in [2.45, 2.75) is 13.5 Å². The molecule has 2 heterocycles. The fourth-order valence-electron chi connectivity index (χ4n) is 3.33. The van der Waals surface area contributed by atoms with Gasteiger partial charge in [-0.15, -0.1) is 0 Å². The summed E-state index contributed by atoms with van der Waals surface area (Å²) in [4.78, 5) is 34.1. The van der Waals surface area contributed by atoms with Crippen LogP contribution in [0, 0.1) is 0 Å². The summed E-state index contributed by atoms with van der Waals surface area (Å²) in [6, 6.07) is 12.4. The highest BCUT2D eigenvalue weighted by atomic mass is 16.5. The van der Waals surface area contributed by atoms with Crippen molar-refractivity contribution in [1.29, 1.82) is 0 Å². The number of nitrogens with one attached hydrogen (secondary N) is 3. The number of ether oxygens (including phenoxy) is 1. The fourth-order valence-corrected chi connectivity index (χ4v) is 3.33. The normalized spacial score (nSPS) is 14.7. The minimum Gasteiger partial charge on any atom is -0.379 e. The van der Waals surface area contributed by atoms with Gasteiger partial charge < -0.3 is 20.4 Å². The minimum absolute atomic E-state index is 0.180. The van der Waals surface area contributed by atoms with Crippen molar-refractivity contribution in [3.63, 3.8) is 0 Å². The number of aromatic nitrogens is 2. The van der Waals surface area contributed by atoms with Crippen LogP contribution in [0.2, 0.25) is 0 Å². The second-order valence-electron chi connectivity index (χ2n) is 7.02. The number of carbonyl (C=O) groups is 2. The maximum atomic E-state index is 12.6. The number of hydrogen-bond acceptors (Lipinski definition) is 5. The third-order valence-electron chi connectivity index (χ3n) is 4.71. The Hall–Kier alpha value is -3.23. The van der Waals surface area contributed by atoms with Crippen LogP contribution in [0.1, 0.15) is 23.1 Å². The topological polar surface area (TPSA) is 99.3 Å². The van der Waals surface area contributed by atoms with Gasteiger partial charge in [0.15, 0.2) is 0 Å². The molecule has 29 heavy (non-hydrogen) atoms. The van der Waals surface area contributed by atoms with Crippen LogP contribution in [-0.2, 0) is 16.1 Å². The molecule has 8 nitrogen and oxygen atoms in total. The van der Waals surface area contributed by atoms with E-state index in [0.29, 0.717) is 16.9 Å². The number of carbonyl (C=O) groups excluding carboxylic acids is 2. The number of hydrogen-bond donors (Lipinski definition) is 3. The van der Waals surface area contributed by atoms with E-state index in [4.69, 9.17) is 4.74 Å². The molecule has 1 fully saturated rings. The van der Waals surface area contributed by atoms with Crippen molar-refractivity contribution in [3.8, 4) is 0 Å². The number of aromatic amines is 1. The number of imidazole rings is 1. The lowest BCUT2D eigenvalue weighted by Gasteiger charge is -2.25. The number of benzene rings is 2. The quantitative estimate of drug-likeness (QED) is 0.619. The number of anilines is 2. The summed E-state index contributed by atoms with van der Waals surface area (Å²) in [6.45, 7) is 5.47. The lowest BCUT2D eigenvalue weighted by Crippen LogP contribution is -2.35. The van der Waals surface area contributed by atoms with Crippen LogP contribution in [0.3, 0.4) is 0 Å². The molecule has 1 saturated heterocycles. The molecular formula is C21H23N5O3. The Morgan fingerprint density at radius 2 is 1.90 bits per heavy atom. The van der Waals surface area contributed by atoms with Crippen LogP contribution in [-0.4, -0.2) is 53.0 Å². The Labute approximate surface area is 168 Å². The monoisotopic (exact) mass is 393 g/mol. The molecule has 0 radical (unpaired) electrons. The molecule has 2 amide bonds. The van der Waals surface area contributed by atoms with Gasteiger partial charge in [-0.1, -0.05) is 6.07 Å². The predicted octanol–water partition coefficient (Wildman–Crippen LogP) is 2.61. The largest absolute Gasteiger partial charge is 0.379 e. The summed E-state index contributed by atoms with van der Waals surface area (Å²) >= 11 is 0. The zero-order valence-electron chi connectivity index (χ0n) is 16.2. The molecule has 0 atom stereocenters.